The van der Waals surface area contributed by atoms with Crippen LogP contribution < -0.4 is 20.9 Å². The zero-order chi connectivity index (χ0) is 19.6. The number of nitrogens with one attached hydrogen (secondary N) is 3. The molecule has 0 bridgehead atoms. The number of hydrogen-bond acceptors (Lipinski definition) is 3. The van der Waals surface area contributed by atoms with Crippen molar-refractivity contribution in [2.45, 2.75) is 13.8 Å². The van der Waals surface area contributed by atoms with E-state index in [0.717, 1.165) is 12.2 Å². The van der Waals surface area contributed by atoms with E-state index in [4.69, 9.17) is 0 Å². The van der Waals surface area contributed by atoms with E-state index in [2.05, 4.69) is 33.8 Å². The highest BCUT2D eigenvalue weighted by Crippen LogP contribution is 2.14. The Morgan fingerprint density at radius 2 is 1.81 bits per heavy atom. The fourth-order valence-corrected chi connectivity index (χ4v) is 2.56. The molecule has 6 nitrogen and oxygen atoms in total. The molecule has 0 radical (unpaired) electrons. The minimum Gasteiger partial charge on any atom is -0.370 e. The molecule has 0 aromatic heterocycles. The summed E-state index contributed by atoms with van der Waals surface area (Å²) in [6.07, 6.45) is 0. The van der Waals surface area contributed by atoms with E-state index in [-0.39, 0.29) is 18.3 Å². The van der Waals surface area contributed by atoms with Gasteiger partial charge in [0.25, 0.3) is 0 Å². The first-order valence-corrected chi connectivity index (χ1v) is 8.86. The Bertz CT molecular complexity index is 765. The van der Waals surface area contributed by atoms with Gasteiger partial charge in [-0.3, -0.25) is 4.79 Å². The Hall–Kier alpha value is -3.09. The van der Waals surface area contributed by atoms with Gasteiger partial charge in [0.05, 0.1) is 6.54 Å². The Morgan fingerprint density at radius 1 is 1.07 bits per heavy atom. The normalized spacial score (nSPS) is 10.2. The van der Waals surface area contributed by atoms with E-state index in [1.165, 1.54) is 29.8 Å². The molecule has 27 heavy (non-hydrogen) atoms. The SMILES string of the molecule is CCN(CCNC(=O)NCC(=O)Nc1ccc(F)cc1)c1cccc(C)c1. The van der Waals surface area contributed by atoms with Crippen LogP contribution in [0.25, 0.3) is 0 Å². The van der Waals surface area contributed by atoms with Crippen molar-refractivity contribution in [2.75, 3.05) is 36.4 Å². The maximum absolute atomic E-state index is 12.8. The van der Waals surface area contributed by atoms with Gasteiger partial charge in [0.2, 0.25) is 5.91 Å². The monoisotopic (exact) mass is 372 g/mol. The lowest BCUT2D eigenvalue weighted by Crippen LogP contribution is -2.43. The first-order valence-electron chi connectivity index (χ1n) is 8.86. The summed E-state index contributed by atoms with van der Waals surface area (Å²) in [5.74, 6) is -0.760. The number of benzene rings is 2. The number of carbonyl (C=O) groups is 2. The zero-order valence-corrected chi connectivity index (χ0v) is 15.6. The highest BCUT2D eigenvalue weighted by atomic mass is 19.1. The molecule has 144 valence electrons. The van der Waals surface area contributed by atoms with Crippen LogP contribution in [-0.2, 0) is 4.79 Å². The molecule has 2 aromatic carbocycles. The van der Waals surface area contributed by atoms with Gasteiger partial charge in [-0.1, -0.05) is 12.1 Å². The minimum atomic E-state index is -0.412. The number of rotatable bonds is 8. The molecule has 3 amide bonds. The second-order valence-corrected chi connectivity index (χ2v) is 6.08. The molecule has 0 aliphatic rings. The largest absolute Gasteiger partial charge is 0.370 e. The van der Waals surface area contributed by atoms with E-state index in [1.54, 1.807) is 0 Å². The summed E-state index contributed by atoms with van der Waals surface area (Å²) in [4.78, 5) is 25.8. The zero-order valence-electron chi connectivity index (χ0n) is 15.6. The first-order chi connectivity index (χ1) is 13.0. The fourth-order valence-electron chi connectivity index (χ4n) is 2.56. The van der Waals surface area contributed by atoms with Crippen LogP contribution in [0.5, 0.6) is 0 Å². The maximum Gasteiger partial charge on any atom is 0.315 e. The molecule has 2 aromatic rings. The lowest BCUT2D eigenvalue weighted by molar-refractivity contribution is -0.115. The number of hydrogen-bond donors (Lipinski definition) is 3. The van der Waals surface area contributed by atoms with Gasteiger partial charge < -0.3 is 20.9 Å². The molecule has 0 unspecified atom stereocenters. The van der Waals surface area contributed by atoms with Crippen molar-refractivity contribution in [1.82, 2.24) is 10.6 Å². The van der Waals surface area contributed by atoms with Crippen molar-refractivity contribution < 1.29 is 14.0 Å². The third kappa shape index (κ3) is 6.97. The minimum absolute atomic E-state index is 0.168. The van der Waals surface area contributed by atoms with E-state index < -0.39 is 6.03 Å². The number of nitrogens with zero attached hydrogens (tertiary/aromatic N) is 1. The number of urea groups is 1. The summed E-state index contributed by atoms with van der Waals surface area (Å²) in [6, 6.07) is 13.2. The van der Waals surface area contributed by atoms with Gasteiger partial charge in [-0.2, -0.15) is 0 Å². The van der Waals surface area contributed by atoms with E-state index >= 15 is 0 Å². The highest BCUT2D eigenvalue weighted by Gasteiger charge is 2.08. The number of likely N-dealkylation sites (N-methyl/N-ethyl adjacent to an activating group) is 1. The van der Waals surface area contributed by atoms with Gasteiger partial charge in [0.1, 0.15) is 5.82 Å². The van der Waals surface area contributed by atoms with Crippen LogP contribution in [0, 0.1) is 12.7 Å². The second-order valence-electron chi connectivity index (χ2n) is 6.08. The van der Waals surface area contributed by atoms with E-state index in [1.807, 2.05) is 25.1 Å². The Balaban J connectivity index is 1.69. The molecule has 7 heteroatoms. The number of amides is 3. The lowest BCUT2D eigenvalue weighted by atomic mass is 10.2. The molecule has 0 atom stereocenters. The molecule has 0 saturated heterocycles. The Kier molecular flexibility index (Phi) is 7.61. The van der Waals surface area contributed by atoms with Crippen LogP contribution in [0.4, 0.5) is 20.6 Å². The van der Waals surface area contributed by atoms with Gasteiger partial charge >= 0.3 is 6.03 Å². The fraction of sp³-hybridized carbons (Fsp3) is 0.300. The molecule has 0 spiro atoms. The molecule has 0 aliphatic heterocycles. The standard InChI is InChI=1S/C20H25FN4O2/c1-3-25(18-6-4-5-15(2)13-18)12-11-22-20(27)23-14-19(26)24-17-9-7-16(21)8-10-17/h4-10,13H,3,11-12,14H2,1-2H3,(H,24,26)(H2,22,23,27). The lowest BCUT2D eigenvalue weighted by Gasteiger charge is -2.23. The van der Waals surface area contributed by atoms with Crippen LogP contribution in [-0.4, -0.2) is 38.1 Å². The Labute approximate surface area is 158 Å². The van der Waals surface area contributed by atoms with Crippen LogP contribution >= 0.6 is 0 Å². The molecule has 2 rings (SSSR count). The molecule has 0 fully saturated rings. The molecule has 0 heterocycles. The van der Waals surface area contributed by atoms with Gasteiger partial charge in [-0.05, 0) is 55.8 Å². The van der Waals surface area contributed by atoms with Crippen molar-refractivity contribution in [3.63, 3.8) is 0 Å². The average molecular weight is 372 g/mol. The molecular weight excluding hydrogens is 347 g/mol. The van der Waals surface area contributed by atoms with Crippen molar-refractivity contribution in [3.8, 4) is 0 Å². The Morgan fingerprint density at radius 3 is 2.48 bits per heavy atom. The first kappa shape index (κ1) is 20.2. The van der Waals surface area contributed by atoms with Gasteiger partial charge in [0, 0.05) is 31.0 Å². The topological polar surface area (TPSA) is 73.5 Å². The number of anilines is 2. The maximum atomic E-state index is 12.8. The molecular formula is C20H25FN4O2. The number of aryl methyl sites for hydroxylation is 1. The summed E-state index contributed by atoms with van der Waals surface area (Å²) in [5.41, 5.74) is 2.77. The third-order valence-electron chi connectivity index (χ3n) is 3.95. The average Bonchev–Trinajstić information content (AvgIpc) is 2.65. The third-order valence-corrected chi connectivity index (χ3v) is 3.95. The predicted molar refractivity (Wildman–Crippen MR) is 105 cm³/mol. The van der Waals surface area contributed by atoms with Crippen molar-refractivity contribution in [2.24, 2.45) is 0 Å². The summed E-state index contributed by atoms with van der Waals surface area (Å²) >= 11 is 0. The van der Waals surface area contributed by atoms with Gasteiger partial charge in [-0.25, -0.2) is 9.18 Å². The highest BCUT2D eigenvalue weighted by molar-refractivity contribution is 5.94. The van der Waals surface area contributed by atoms with Crippen LogP contribution in [0.1, 0.15) is 12.5 Å². The second kappa shape index (κ2) is 10.2. The number of carbonyl (C=O) groups excluding carboxylic acids is 2. The summed E-state index contributed by atoms with van der Waals surface area (Å²) < 4.78 is 12.8. The van der Waals surface area contributed by atoms with Crippen molar-refractivity contribution in [1.29, 1.82) is 0 Å². The predicted octanol–water partition coefficient (Wildman–Crippen LogP) is 2.90. The van der Waals surface area contributed by atoms with Crippen LogP contribution in [0.3, 0.4) is 0 Å². The molecule has 0 saturated carbocycles. The summed E-state index contributed by atoms with van der Waals surface area (Å²) in [5, 5.41) is 7.82. The summed E-state index contributed by atoms with van der Waals surface area (Å²) in [6.45, 7) is 5.87. The van der Waals surface area contributed by atoms with Crippen molar-refractivity contribution in [3.05, 3.63) is 59.9 Å². The van der Waals surface area contributed by atoms with Crippen LogP contribution in [0.15, 0.2) is 48.5 Å². The number of halogens is 1. The van der Waals surface area contributed by atoms with Gasteiger partial charge in [-0.15, -0.1) is 0 Å². The van der Waals surface area contributed by atoms with Crippen molar-refractivity contribution >= 4 is 23.3 Å². The summed E-state index contributed by atoms with van der Waals surface area (Å²) in [7, 11) is 0. The van der Waals surface area contributed by atoms with Crippen LogP contribution in [0.2, 0.25) is 0 Å². The molecule has 3 N–H and O–H groups in total. The quantitative estimate of drug-likeness (QED) is 0.667. The smallest absolute Gasteiger partial charge is 0.315 e. The van der Waals surface area contributed by atoms with E-state index in [0.29, 0.717) is 18.8 Å². The molecule has 0 aliphatic carbocycles. The van der Waals surface area contributed by atoms with E-state index in [9.17, 15) is 14.0 Å². The van der Waals surface area contributed by atoms with Gasteiger partial charge in [0.15, 0.2) is 0 Å².